The maximum absolute atomic E-state index is 13.4. The Morgan fingerprint density at radius 1 is 1.10 bits per heavy atom. The first-order chi connectivity index (χ1) is 18.9. The summed E-state index contributed by atoms with van der Waals surface area (Å²) in [5.74, 6) is 1.85. The molecule has 2 aromatic heterocycles. The molecule has 8 heteroatoms. The van der Waals surface area contributed by atoms with E-state index in [1.165, 1.54) is 0 Å². The summed E-state index contributed by atoms with van der Waals surface area (Å²) in [5.41, 5.74) is 11.8. The largest absolute Gasteiger partial charge is 0.497 e. The van der Waals surface area contributed by atoms with Crippen LogP contribution in [-0.4, -0.2) is 28.8 Å². The van der Waals surface area contributed by atoms with E-state index in [1.54, 1.807) is 7.11 Å². The fraction of sp³-hybridized carbons (Fsp3) is 0.387. The van der Waals surface area contributed by atoms with Gasteiger partial charge in [0.1, 0.15) is 23.8 Å². The number of amides is 1. The van der Waals surface area contributed by atoms with Gasteiger partial charge in [-0.05, 0) is 55.2 Å². The van der Waals surface area contributed by atoms with Gasteiger partial charge in [-0.1, -0.05) is 38.0 Å². The average molecular weight is 531 g/mol. The number of hydrogen-bond donors (Lipinski definition) is 4. The normalized spacial score (nSPS) is 12.0. The van der Waals surface area contributed by atoms with E-state index in [0.717, 1.165) is 76.2 Å². The quantitative estimate of drug-likeness (QED) is 0.170. The summed E-state index contributed by atoms with van der Waals surface area (Å²) in [4.78, 5) is 35.3. The number of hydrogen-bond acceptors (Lipinski definition) is 4. The molecule has 0 radical (unpaired) electrons. The third kappa shape index (κ3) is 7.15. The molecule has 2 aromatic carbocycles. The lowest BCUT2D eigenvalue weighted by Gasteiger charge is -2.14. The topological polar surface area (TPSA) is 127 Å². The van der Waals surface area contributed by atoms with Gasteiger partial charge >= 0.3 is 0 Å². The van der Waals surface area contributed by atoms with Gasteiger partial charge in [0, 0.05) is 41.5 Å². The summed E-state index contributed by atoms with van der Waals surface area (Å²) < 4.78 is 5.40. The second-order valence-electron chi connectivity index (χ2n) is 10.1. The number of Topliss-reactive ketones (excluding diaryl/α,β-unsaturated/α-hetero) is 1. The van der Waals surface area contributed by atoms with E-state index in [9.17, 15) is 9.59 Å². The van der Waals surface area contributed by atoms with Gasteiger partial charge in [0.05, 0.1) is 13.5 Å². The molecule has 0 bridgehead atoms. The molecule has 6 N–H and O–H groups in total. The van der Waals surface area contributed by atoms with Crippen LogP contribution in [0.5, 0.6) is 5.75 Å². The van der Waals surface area contributed by atoms with Gasteiger partial charge in [0.2, 0.25) is 5.91 Å². The first kappa shape index (κ1) is 28.1. The van der Waals surface area contributed by atoms with Crippen LogP contribution in [0.2, 0.25) is 0 Å². The number of benzene rings is 2. The average Bonchev–Trinajstić information content (AvgIpc) is 3.56. The Hall–Kier alpha value is -3.91. The minimum Gasteiger partial charge on any atom is -0.497 e. The molecule has 0 spiro atoms. The molecule has 0 saturated carbocycles. The number of methoxy groups -OCH3 is 1. The predicted molar refractivity (Wildman–Crippen MR) is 153 cm³/mol. The third-order valence-electron chi connectivity index (χ3n) is 7.31. The number of rotatable bonds is 14. The number of fused-ring (bicyclic) bond motifs is 1. The number of carbonyl (C=O) groups is 2. The number of aromatic amines is 3. The van der Waals surface area contributed by atoms with Crippen molar-refractivity contribution in [3.63, 3.8) is 0 Å². The highest BCUT2D eigenvalue weighted by molar-refractivity contribution is 5.91. The maximum Gasteiger partial charge on any atom is 0.275 e. The van der Waals surface area contributed by atoms with Gasteiger partial charge < -0.3 is 20.8 Å². The molecular weight excluding hydrogens is 490 g/mol. The molecule has 0 aliphatic carbocycles. The summed E-state index contributed by atoms with van der Waals surface area (Å²) in [5, 5.41) is 4.25. The SMILES string of the molecule is CCC(=O)CCCCC[C@H](NC(=O)Cc1c(C)[nH]c2ccc(OC)cc12)c1[nH]c(-c2cccc(CN)c2)c[nH+]1. The zero-order valence-corrected chi connectivity index (χ0v) is 23.2. The molecule has 2 heterocycles. The smallest absolute Gasteiger partial charge is 0.275 e. The number of ether oxygens (including phenoxy) is 1. The minimum absolute atomic E-state index is 0.0531. The Balaban J connectivity index is 1.51. The minimum atomic E-state index is -0.217. The lowest BCUT2D eigenvalue weighted by Crippen LogP contribution is -2.33. The molecule has 0 fully saturated rings. The summed E-state index contributed by atoms with van der Waals surface area (Å²) >= 11 is 0. The molecule has 0 unspecified atom stereocenters. The Bertz CT molecular complexity index is 1420. The van der Waals surface area contributed by atoms with E-state index in [1.807, 2.05) is 56.4 Å². The van der Waals surface area contributed by atoms with Crippen LogP contribution in [0.25, 0.3) is 22.2 Å². The number of ketones is 1. The Morgan fingerprint density at radius 3 is 2.72 bits per heavy atom. The molecule has 0 aliphatic rings. The lowest BCUT2D eigenvalue weighted by atomic mass is 10.0. The monoisotopic (exact) mass is 530 g/mol. The number of carbonyl (C=O) groups excluding carboxylic acids is 2. The molecule has 8 nitrogen and oxygen atoms in total. The van der Waals surface area contributed by atoms with Crippen LogP contribution in [0.3, 0.4) is 0 Å². The predicted octanol–water partition coefficient (Wildman–Crippen LogP) is 5.08. The van der Waals surface area contributed by atoms with Crippen molar-refractivity contribution in [2.75, 3.05) is 7.11 Å². The number of aryl methyl sites for hydroxylation is 1. The number of unbranched alkanes of at least 4 members (excludes halogenated alkanes) is 2. The number of nitrogens with two attached hydrogens (primary N) is 1. The lowest BCUT2D eigenvalue weighted by molar-refractivity contribution is -0.391. The standard InChI is InChI=1S/C31H39N5O3/c1-4-23(37)11-6-5-7-12-28(31-33-19-29(36-31)22-10-8-9-21(15-22)18-32)35-30(38)17-25-20(2)34-27-14-13-24(39-3)16-26(25)27/h8-10,13-16,19,28,34H,4-7,11-12,17-18,32H2,1-3H3,(H,33,36)(H,35,38)/p+1/t28-/m0/s1. The van der Waals surface area contributed by atoms with Crippen LogP contribution in [0.1, 0.15) is 74.1 Å². The summed E-state index contributed by atoms with van der Waals surface area (Å²) in [6.45, 7) is 4.37. The second kappa shape index (κ2) is 13.2. The molecule has 1 amide bonds. The molecule has 4 rings (SSSR count). The van der Waals surface area contributed by atoms with Crippen LogP contribution < -0.4 is 20.8 Å². The highest BCUT2D eigenvalue weighted by Crippen LogP contribution is 2.27. The van der Waals surface area contributed by atoms with Gasteiger partial charge in [-0.15, -0.1) is 0 Å². The van der Waals surface area contributed by atoms with Crippen molar-refractivity contribution in [1.82, 2.24) is 15.3 Å². The van der Waals surface area contributed by atoms with Gasteiger partial charge in [0.15, 0.2) is 5.69 Å². The third-order valence-corrected chi connectivity index (χ3v) is 7.31. The fourth-order valence-electron chi connectivity index (χ4n) is 5.01. The van der Waals surface area contributed by atoms with Crippen LogP contribution in [-0.2, 0) is 22.6 Å². The zero-order valence-electron chi connectivity index (χ0n) is 23.2. The van der Waals surface area contributed by atoms with E-state index in [2.05, 4.69) is 26.3 Å². The molecule has 0 aliphatic heterocycles. The molecule has 4 aromatic rings. The molecular formula is C31H40N5O3+. The first-order valence-corrected chi connectivity index (χ1v) is 13.8. The van der Waals surface area contributed by atoms with E-state index >= 15 is 0 Å². The van der Waals surface area contributed by atoms with E-state index in [0.29, 0.717) is 25.2 Å². The van der Waals surface area contributed by atoms with Gasteiger partial charge in [-0.3, -0.25) is 9.59 Å². The van der Waals surface area contributed by atoms with Crippen molar-refractivity contribution in [3.05, 3.63) is 71.3 Å². The fourth-order valence-corrected chi connectivity index (χ4v) is 5.01. The van der Waals surface area contributed by atoms with Crippen molar-refractivity contribution in [2.24, 2.45) is 5.73 Å². The molecule has 39 heavy (non-hydrogen) atoms. The van der Waals surface area contributed by atoms with Gasteiger partial charge in [-0.25, -0.2) is 9.97 Å². The van der Waals surface area contributed by atoms with Crippen molar-refractivity contribution < 1.29 is 19.3 Å². The van der Waals surface area contributed by atoms with Crippen molar-refractivity contribution in [1.29, 1.82) is 0 Å². The van der Waals surface area contributed by atoms with Crippen LogP contribution in [0.15, 0.2) is 48.7 Å². The molecule has 1 atom stereocenters. The second-order valence-corrected chi connectivity index (χ2v) is 10.1. The number of nitrogens with one attached hydrogen (secondary N) is 4. The first-order valence-electron chi connectivity index (χ1n) is 13.8. The van der Waals surface area contributed by atoms with Gasteiger partial charge in [0.25, 0.3) is 5.82 Å². The number of aromatic nitrogens is 3. The van der Waals surface area contributed by atoms with Crippen molar-refractivity contribution in [3.8, 4) is 17.0 Å². The van der Waals surface area contributed by atoms with E-state index in [-0.39, 0.29) is 18.4 Å². The maximum atomic E-state index is 13.4. The van der Waals surface area contributed by atoms with Crippen molar-refractivity contribution in [2.45, 2.75) is 71.4 Å². The Kier molecular flexibility index (Phi) is 9.54. The van der Waals surface area contributed by atoms with E-state index < -0.39 is 0 Å². The van der Waals surface area contributed by atoms with Crippen LogP contribution in [0, 0.1) is 6.92 Å². The Labute approximate surface area is 229 Å². The number of H-pyrrole nitrogens is 3. The summed E-state index contributed by atoms with van der Waals surface area (Å²) in [6.07, 6.45) is 6.85. The highest BCUT2D eigenvalue weighted by atomic mass is 16.5. The molecule has 206 valence electrons. The van der Waals surface area contributed by atoms with Crippen LogP contribution >= 0.6 is 0 Å². The van der Waals surface area contributed by atoms with E-state index in [4.69, 9.17) is 10.5 Å². The molecule has 0 saturated heterocycles. The zero-order chi connectivity index (χ0) is 27.8. The van der Waals surface area contributed by atoms with Crippen molar-refractivity contribution >= 4 is 22.6 Å². The summed E-state index contributed by atoms with van der Waals surface area (Å²) in [6, 6.07) is 13.7. The van der Waals surface area contributed by atoms with Crippen LogP contribution in [0.4, 0.5) is 0 Å². The number of imidazole rings is 1. The summed E-state index contributed by atoms with van der Waals surface area (Å²) in [7, 11) is 1.64. The van der Waals surface area contributed by atoms with Gasteiger partial charge in [-0.2, -0.15) is 0 Å². The Morgan fingerprint density at radius 2 is 1.95 bits per heavy atom. The highest BCUT2D eigenvalue weighted by Gasteiger charge is 2.24.